The summed E-state index contributed by atoms with van der Waals surface area (Å²) in [6.45, 7) is 2.53. The van der Waals surface area contributed by atoms with Crippen molar-refractivity contribution in [1.29, 1.82) is 0 Å². The lowest BCUT2D eigenvalue weighted by Crippen LogP contribution is -2.47. The van der Waals surface area contributed by atoms with Crippen LogP contribution in [0.2, 0.25) is 0 Å². The Morgan fingerprint density at radius 3 is 2.48 bits per heavy atom. The minimum atomic E-state index is -3.63. The van der Waals surface area contributed by atoms with Crippen LogP contribution in [0, 0.1) is 11.2 Å². The zero-order valence-corrected chi connectivity index (χ0v) is 12.9. The highest BCUT2D eigenvalue weighted by Crippen LogP contribution is 2.28. The number of hydrogen-bond acceptors (Lipinski definition) is 4. The van der Waals surface area contributed by atoms with Gasteiger partial charge in [-0.3, -0.25) is 0 Å². The number of piperidine rings is 1. The number of ether oxygens (including phenoxy) is 1. The summed E-state index contributed by atoms with van der Waals surface area (Å²) in [5.41, 5.74) is -0.187. The molecule has 118 valence electrons. The molecule has 2 rings (SSSR count). The Morgan fingerprint density at radius 2 is 1.90 bits per heavy atom. The number of sulfonamides is 1. The Labute approximate surface area is 124 Å². The summed E-state index contributed by atoms with van der Waals surface area (Å²) < 4.78 is 45.3. The third kappa shape index (κ3) is 4.23. The molecule has 1 fully saturated rings. The smallest absolute Gasteiger partial charge is 0.240 e. The highest BCUT2D eigenvalue weighted by atomic mass is 32.2. The van der Waals surface area contributed by atoms with E-state index in [0.717, 1.165) is 38.1 Å². The first-order valence-electron chi connectivity index (χ1n) is 6.92. The standard InChI is InChI=1S/C14H21FN2O3S/c1-20-11-14(6-8-16-9-7-14)10-17-21(18,19)13-4-2-12(15)3-5-13/h2-5,16-17H,6-11H2,1H3. The van der Waals surface area contributed by atoms with Crippen LogP contribution in [0.15, 0.2) is 29.2 Å². The van der Waals surface area contributed by atoms with Crippen molar-refractivity contribution < 1.29 is 17.5 Å². The Bertz CT molecular complexity index is 549. The molecule has 0 unspecified atom stereocenters. The van der Waals surface area contributed by atoms with Crippen LogP contribution in [0.1, 0.15) is 12.8 Å². The van der Waals surface area contributed by atoms with Gasteiger partial charge in [0.1, 0.15) is 5.82 Å². The van der Waals surface area contributed by atoms with Crippen molar-refractivity contribution in [2.75, 3.05) is 33.4 Å². The largest absolute Gasteiger partial charge is 0.384 e. The summed E-state index contributed by atoms with van der Waals surface area (Å²) in [4.78, 5) is 0.0744. The Hall–Kier alpha value is -1.02. The van der Waals surface area contributed by atoms with Gasteiger partial charge in [0.15, 0.2) is 0 Å². The van der Waals surface area contributed by atoms with Crippen LogP contribution < -0.4 is 10.0 Å². The van der Waals surface area contributed by atoms with Crippen molar-refractivity contribution in [2.45, 2.75) is 17.7 Å². The topological polar surface area (TPSA) is 67.4 Å². The number of rotatable bonds is 6. The van der Waals surface area contributed by atoms with Crippen LogP contribution >= 0.6 is 0 Å². The van der Waals surface area contributed by atoms with Crippen LogP contribution in [0.5, 0.6) is 0 Å². The second kappa shape index (κ2) is 6.83. The third-order valence-corrected chi connectivity index (χ3v) is 5.29. The first-order valence-corrected chi connectivity index (χ1v) is 8.41. The number of halogens is 1. The van der Waals surface area contributed by atoms with Crippen molar-refractivity contribution in [3.63, 3.8) is 0 Å². The van der Waals surface area contributed by atoms with Crippen LogP contribution in [0.3, 0.4) is 0 Å². The molecule has 7 heteroatoms. The molecule has 0 bridgehead atoms. The first-order chi connectivity index (χ1) is 9.97. The molecule has 1 saturated heterocycles. The summed E-state index contributed by atoms with van der Waals surface area (Å²) in [5.74, 6) is -0.455. The fraction of sp³-hybridized carbons (Fsp3) is 0.571. The van der Waals surface area contributed by atoms with E-state index >= 15 is 0 Å². The second-order valence-corrected chi connectivity index (χ2v) is 7.23. The van der Waals surface area contributed by atoms with Crippen LogP contribution in [0.4, 0.5) is 4.39 Å². The minimum Gasteiger partial charge on any atom is -0.384 e. The summed E-state index contributed by atoms with van der Waals surface area (Å²) in [5, 5.41) is 3.26. The lowest BCUT2D eigenvalue weighted by molar-refractivity contribution is 0.0577. The molecule has 1 aliphatic heterocycles. The molecule has 0 radical (unpaired) electrons. The molecule has 0 aliphatic carbocycles. The summed E-state index contributed by atoms with van der Waals surface area (Å²) in [6.07, 6.45) is 1.71. The van der Waals surface area contributed by atoms with Crippen molar-refractivity contribution in [3.8, 4) is 0 Å². The molecule has 0 spiro atoms. The zero-order chi connectivity index (χ0) is 15.3. The predicted octanol–water partition coefficient (Wildman–Crippen LogP) is 1.12. The second-order valence-electron chi connectivity index (χ2n) is 5.46. The zero-order valence-electron chi connectivity index (χ0n) is 12.1. The van der Waals surface area contributed by atoms with E-state index in [9.17, 15) is 12.8 Å². The monoisotopic (exact) mass is 316 g/mol. The average Bonchev–Trinajstić information content (AvgIpc) is 2.47. The fourth-order valence-electron chi connectivity index (χ4n) is 2.58. The summed E-state index contributed by atoms with van der Waals surface area (Å²) in [6, 6.07) is 4.82. The molecule has 1 heterocycles. The highest BCUT2D eigenvalue weighted by Gasteiger charge is 2.33. The van der Waals surface area contributed by atoms with Gasteiger partial charge in [0.2, 0.25) is 10.0 Å². The van der Waals surface area contributed by atoms with Gasteiger partial charge in [-0.15, -0.1) is 0 Å². The molecular weight excluding hydrogens is 295 g/mol. The van der Waals surface area contributed by atoms with Crippen LogP contribution in [-0.4, -0.2) is 41.8 Å². The number of benzene rings is 1. The number of hydrogen-bond donors (Lipinski definition) is 2. The van der Waals surface area contributed by atoms with E-state index in [-0.39, 0.29) is 10.3 Å². The Morgan fingerprint density at radius 1 is 1.29 bits per heavy atom. The maximum atomic E-state index is 12.9. The summed E-state index contributed by atoms with van der Waals surface area (Å²) in [7, 11) is -2.00. The van der Waals surface area contributed by atoms with E-state index in [1.807, 2.05) is 0 Å². The lowest BCUT2D eigenvalue weighted by Gasteiger charge is -2.37. The molecule has 0 aromatic heterocycles. The van der Waals surface area contributed by atoms with E-state index in [0.29, 0.717) is 13.2 Å². The van der Waals surface area contributed by atoms with E-state index in [2.05, 4.69) is 10.0 Å². The Balaban J connectivity index is 2.07. The quantitative estimate of drug-likeness (QED) is 0.825. The Kier molecular flexibility index (Phi) is 5.32. The SMILES string of the molecule is COCC1(CNS(=O)(=O)c2ccc(F)cc2)CCNCC1. The molecule has 0 atom stereocenters. The van der Waals surface area contributed by atoms with Gasteiger partial charge in [0.25, 0.3) is 0 Å². The summed E-state index contributed by atoms with van der Waals surface area (Å²) >= 11 is 0. The number of nitrogens with one attached hydrogen (secondary N) is 2. The maximum Gasteiger partial charge on any atom is 0.240 e. The van der Waals surface area contributed by atoms with E-state index in [1.54, 1.807) is 7.11 Å². The van der Waals surface area contributed by atoms with Gasteiger partial charge < -0.3 is 10.1 Å². The first kappa shape index (κ1) is 16.4. The minimum absolute atomic E-state index is 0.0744. The van der Waals surface area contributed by atoms with Crippen molar-refractivity contribution in [3.05, 3.63) is 30.1 Å². The maximum absolute atomic E-state index is 12.9. The van der Waals surface area contributed by atoms with Gasteiger partial charge >= 0.3 is 0 Å². The van der Waals surface area contributed by atoms with E-state index in [4.69, 9.17) is 4.74 Å². The average molecular weight is 316 g/mol. The van der Waals surface area contributed by atoms with E-state index in [1.165, 1.54) is 12.1 Å². The molecule has 5 nitrogen and oxygen atoms in total. The molecule has 0 saturated carbocycles. The third-order valence-electron chi connectivity index (χ3n) is 3.88. The van der Waals surface area contributed by atoms with Gasteiger partial charge in [-0.25, -0.2) is 17.5 Å². The van der Waals surface area contributed by atoms with Gasteiger partial charge in [-0.2, -0.15) is 0 Å². The van der Waals surface area contributed by atoms with Crippen molar-refractivity contribution in [1.82, 2.24) is 10.0 Å². The fourth-order valence-corrected chi connectivity index (χ4v) is 3.74. The van der Waals surface area contributed by atoms with Gasteiger partial charge in [0, 0.05) is 19.1 Å². The van der Waals surface area contributed by atoms with Crippen molar-refractivity contribution >= 4 is 10.0 Å². The molecule has 1 aliphatic rings. The predicted molar refractivity (Wildman–Crippen MR) is 78.0 cm³/mol. The molecule has 0 amide bonds. The highest BCUT2D eigenvalue weighted by molar-refractivity contribution is 7.89. The van der Waals surface area contributed by atoms with Gasteiger partial charge in [-0.05, 0) is 50.2 Å². The van der Waals surface area contributed by atoms with Gasteiger partial charge in [0.05, 0.1) is 11.5 Å². The number of methoxy groups -OCH3 is 1. The van der Waals surface area contributed by atoms with E-state index < -0.39 is 15.8 Å². The molecule has 1 aromatic rings. The van der Waals surface area contributed by atoms with Crippen LogP contribution in [0.25, 0.3) is 0 Å². The molecule has 21 heavy (non-hydrogen) atoms. The van der Waals surface area contributed by atoms with Crippen LogP contribution in [-0.2, 0) is 14.8 Å². The molecule has 1 aromatic carbocycles. The normalized spacial score (nSPS) is 18.6. The molecule has 2 N–H and O–H groups in total. The van der Waals surface area contributed by atoms with Gasteiger partial charge in [-0.1, -0.05) is 0 Å². The molecular formula is C14H21FN2O3S. The lowest BCUT2D eigenvalue weighted by atomic mass is 9.80. The van der Waals surface area contributed by atoms with Crippen molar-refractivity contribution in [2.24, 2.45) is 5.41 Å².